The SMILES string of the molecule is C#CC1(OC(=O)c2ccccc2)CCCC1. The second-order valence-electron chi connectivity index (χ2n) is 4.10. The Labute approximate surface area is 95.6 Å². The van der Waals surface area contributed by atoms with Crippen molar-refractivity contribution in [2.24, 2.45) is 0 Å². The molecule has 0 N–H and O–H groups in total. The second kappa shape index (κ2) is 4.40. The molecule has 1 aliphatic carbocycles. The average Bonchev–Trinajstić information content (AvgIpc) is 2.79. The summed E-state index contributed by atoms with van der Waals surface area (Å²) in [5, 5.41) is 0. The quantitative estimate of drug-likeness (QED) is 0.559. The first kappa shape index (κ1) is 10.8. The molecule has 82 valence electrons. The van der Waals surface area contributed by atoms with E-state index in [1.165, 1.54) is 0 Å². The number of carbonyl (C=O) groups is 1. The molecule has 0 unspecified atom stereocenters. The third kappa shape index (κ3) is 2.09. The predicted molar refractivity (Wildman–Crippen MR) is 61.9 cm³/mol. The monoisotopic (exact) mass is 214 g/mol. The Hall–Kier alpha value is -1.75. The third-order valence-electron chi connectivity index (χ3n) is 2.97. The van der Waals surface area contributed by atoms with Crippen molar-refractivity contribution in [3.63, 3.8) is 0 Å². The normalized spacial score (nSPS) is 17.7. The summed E-state index contributed by atoms with van der Waals surface area (Å²) in [4.78, 5) is 11.8. The number of ether oxygens (including phenoxy) is 1. The van der Waals surface area contributed by atoms with Gasteiger partial charge in [-0.05, 0) is 37.8 Å². The summed E-state index contributed by atoms with van der Waals surface area (Å²) in [6.45, 7) is 0. The van der Waals surface area contributed by atoms with Crippen molar-refractivity contribution in [1.29, 1.82) is 0 Å². The molecular formula is C14H14O2. The van der Waals surface area contributed by atoms with Crippen molar-refractivity contribution in [2.75, 3.05) is 0 Å². The number of benzene rings is 1. The van der Waals surface area contributed by atoms with Gasteiger partial charge in [-0.15, -0.1) is 6.42 Å². The minimum absolute atomic E-state index is 0.319. The van der Waals surface area contributed by atoms with Crippen LogP contribution in [-0.4, -0.2) is 11.6 Å². The highest BCUT2D eigenvalue weighted by Gasteiger charge is 2.35. The van der Waals surface area contributed by atoms with Gasteiger partial charge in [-0.1, -0.05) is 24.1 Å². The van der Waals surface area contributed by atoms with E-state index in [1.807, 2.05) is 18.2 Å². The molecule has 1 aromatic carbocycles. The molecule has 0 aromatic heterocycles. The van der Waals surface area contributed by atoms with Crippen molar-refractivity contribution in [2.45, 2.75) is 31.3 Å². The van der Waals surface area contributed by atoms with Gasteiger partial charge in [0.2, 0.25) is 0 Å². The Kier molecular flexibility index (Phi) is 2.96. The van der Waals surface area contributed by atoms with Crippen LogP contribution in [-0.2, 0) is 4.74 Å². The van der Waals surface area contributed by atoms with E-state index < -0.39 is 5.60 Å². The van der Waals surface area contributed by atoms with Crippen LogP contribution in [0.25, 0.3) is 0 Å². The number of rotatable bonds is 2. The van der Waals surface area contributed by atoms with Crippen LogP contribution in [0.15, 0.2) is 30.3 Å². The number of carbonyl (C=O) groups excluding carboxylic acids is 1. The van der Waals surface area contributed by atoms with Gasteiger partial charge in [0, 0.05) is 0 Å². The van der Waals surface area contributed by atoms with E-state index in [0.29, 0.717) is 5.56 Å². The first-order valence-corrected chi connectivity index (χ1v) is 5.52. The van der Waals surface area contributed by atoms with Crippen molar-refractivity contribution >= 4 is 5.97 Å². The summed E-state index contributed by atoms with van der Waals surface area (Å²) < 4.78 is 5.46. The lowest BCUT2D eigenvalue weighted by atomic mass is 10.0. The zero-order chi connectivity index (χ0) is 11.4. The minimum Gasteiger partial charge on any atom is -0.442 e. The van der Waals surface area contributed by atoms with Crippen LogP contribution >= 0.6 is 0 Å². The standard InChI is InChI=1S/C14H14O2/c1-2-14(10-6-7-11-14)16-13(15)12-8-4-3-5-9-12/h1,3-5,8-9H,6-7,10-11H2. The highest BCUT2D eigenvalue weighted by Crippen LogP contribution is 2.33. The number of hydrogen-bond acceptors (Lipinski definition) is 2. The van der Waals surface area contributed by atoms with E-state index >= 15 is 0 Å². The van der Waals surface area contributed by atoms with Gasteiger partial charge >= 0.3 is 5.97 Å². The fourth-order valence-electron chi connectivity index (χ4n) is 2.03. The molecule has 2 heteroatoms. The molecule has 0 radical (unpaired) electrons. The summed E-state index contributed by atoms with van der Waals surface area (Å²) in [5.74, 6) is 2.32. The molecule has 0 aliphatic heterocycles. The van der Waals surface area contributed by atoms with Crippen LogP contribution in [0.5, 0.6) is 0 Å². The van der Waals surface area contributed by atoms with Crippen molar-refractivity contribution in [1.82, 2.24) is 0 Å². The van der Waals surface area contributed by atoms with E-state index in [1.54, 1.807) is 12.1 Å². The Morgan fingerprint density at radius 1 is 1.25 bits per heavy atom. The van der Waals surface area contributed by atoms with Crippen molar-refractivity contribution in [3.05, 3.63) is 35.9 Å². The van der Waals surface area contributed by atoms with Crippen LogP contribution in [0.2, 0.25) is 0 Å². The van der Waals surface area contributed by atoms with Gasteiger partial charge < -0.3 is 4.74 Å². The lowest BCUT2D eigenvalue weighted by Gasteiger charge is -2.22. The topological polar surface area (TPSA) is 26.3 Å². The van der Waals surface area contributed by atoms with Crippen LogP contribution in [0, 0.1) is 12.3 Å². The van der Waals surface area contributed by atoms with Gasteiger partial charge in [-0.25, -0.2) is 4.79 Å². The predicted octanol–water partition coefficient (Wildman–Crippen LogP) is 2.79. The Morgan fingerprint density at radius 3 is 2.44 bits per heavy atom. The maximum Gasteiger partial charge on any atom is 0.339 e. The summed E-state index contributed by atoms with van der Waals surface area (Å²) >= 11 is 0. The summed E-state index contributed by atoms with van der Waals surface area (Å²) in [6, 6.07) is 8.97. The van der Waals surface area contributed by atoms with Gasteiger partial charge in [0.1, 0.15) is 0 Å². The molecule has 1 aliphatic rings. The highest BCUT2D eigenvalue weighted by atomic mass is 16.6. The van der Waals surface area contributed by atoms with E-state index in [0.717, 1.165) is 25.7 Å². The smallest absolute Gasteiger partial charge is 0.339 e. The number of esters is 1. The molecule has 0 heterocycles. The molecule has 1 fully saturated rings. The van der Waals surface area contributed by atoms with E-state index in [9.17, 15) is 4.79 Å². The van der Waals surface area contributed by atoms with Crippen molar-refractivity contribution in [3.8, 4) is 12.3 Å². The van der Waals surface area contributed by atoms with Gasteiger partial charge in [0.15, 0.2) is 5.60 Å². The molecule has 0 saturated heterocycles. The summed E-state index contributed by atoms with van der Waals surface area (Å²) in [6.07, 6.45) is 9.10. The largest absolute Gasteiger partial charge is 0.442 e. The van der Waals surface area contributed by atoms with Crippen LogP contribution in [0.4, 0.5) is 0 Å². The summed E-state index contributed by atoms with van der Waals surface area (Å²) in [5.41, 5.74) is -0.101. The molecular weight excluding hydrogens is 200 g/mol. The lowest BCUT2D eigenvalue weighted by molar-refractivity contribution is 0.0104. The lowest BCUT2D eigenvalue weighted by Crippen LogP contribution is -2.30. The Morgan fingerprint density at radius 2 is 1.88 bits per heavy atom. The minimum atomic E-state index is -0.660. The molecule has 1 saturated carbocycles. The molecule has 0 spiro atoms. The Bertz CT molecular complexity index is 408. The van der Waals surface area contributed by atoms with Crippen LogP contribution in [0.3, 0.4) is 0 Å². The van der Waals surface area contributed by atoms with E-state index in [-0.39, 0.29) is 5.97 Å². The molecule has 0 atom stereocenters. The first-order chi connectivity index (χ1) is 7.76. The summed E-state index contributed by atoms with van der Waals surface area (Å²) in [7, 11) is 0. The zero-order valence-electron chi connectivity index (χ0n) is 9.11. The van der Waals surface area contributed by atoms with Crippen LogP contribution < -0.4 is 0 Å². The first-order valence-electron chi connectivity index (χ1n) is 5.52. The maximum absolute atomic E-state index is 11.8. The number of terminal acetylenes is 1. The van der Waals surface area contributed by atoms with Gasteiger partial charge in [0.05, 0.1) is 5.56 Å². The van der Waals surface area contributed by atoms with Gasteiger partial charge in [0.25, 0.3) is 0 Å². The molecule has 1 aromatic rings. The fourth-order valence-corrected chi connectivity index (χ4v) is 2.03. The number of hydrogen-bond donors (Lipinski definition) is 0. The molecule has 16 heavy (non-hydrogen) atoms. The van der Waals surface area contributed by atoms with Crippen molar-refractivity contribution < 1.29 is 9.53 Å². The second-order valence-corrected chi connectivity index (χ2v) is 4.10. The third-order valence-corrected chi connectivity index (χ3v) is 2.97. The van der Waals surface area contributed by atoms with E-state index in [2.05, 4.69) is 5.92 Å². The highest BCUT2D eigenvalue weighted by molar-refractivity contribution is 5.89. The maximum atomic E-state index is 11.8. The molecule has 0 amide bonds. The average molecular weight is 214 g/mol. The zero-order valence-corrected chi connectivity index (χ0v) is 9.11. The molecule has 2 nitrogen and oxygen atoms in total. The molecule has 2 rings (SSSR count). The van der Waals surface area contributed by atoms with Crippen LogP contribution in [0.1, 0.15) is 36.0 Å². The van der Waals surface area contributed by atoms with E-state index in [4.69, 9.17) is 11.2 Å². The van der Waals surface area contributed by atoms with Gasteiger partial charge in [-0.3, -0.25) is 0 Å². The Balaban J connectivity index is 2.11. The fraction of sp³-hybridized carbons (Fsp3) is 0.357. The molecule has 0 bridgehead atoms. The van der Waals surface area contributed by atoms with Gasteiger partial charge in [-0.2, -0.15) is 0 Å².